The van der Waals surface area contributed by atoms with Gasteiger partial charge in [-0.15, -0.1) is 0 Å². The van der Waals surface area contributed by atoms with Crippen molar-refractivity contribution in [3.8, 4) is 23.0 Å². The van der Waals surface area contributed by atoms with Crippen LogP contribution >= 0.6 is 0 Å². The minimum absolute atomic E-state index is 0.273. The first-order chi connectivity index (χ1) is 13.3. The van der Waals surface area contributed by atoms with Crippen LogP contribution in [0.15, 0.2) is 42.5 Å². The summed E-state index contributed by atoms with van der Waals surface area (Å²) in [5.74, 6) is 3.38. The predicted molar refractivity (Wildman–Crippen MR) is 101 cm³/mol. The molecule has 5 heteroatoms. The molecule has 1 N–H and O–H groups in total. The molecule has 0 saturated carbocycles. The fraction of sp³-hybridized carbons (Fsp3) is 0.273. The number of hydrogen-bond donors (Lipinski definition) is 1. The lowest BCUT2D eigenvalue weighted by atomic mass is 9.89. The Morgan fingerprint density at radius 2 is 1.48 bits per heavy atom. The van der Waals surface area contributed by atoms with Gasteiger partial charge >= 0.3 is 0 Å². The summed E-state index contributed by atoms with van der Waals surface area (Å²) in [7, 11) is 0. The lowest BCUT2D eigenvalue weighted by Crippen LogP contribution is -2.31. The first kappa shape index (κ1) is 15.2. The second-order valence-electron chi connectivity index (χ2n) is 7.25. The third-order valence-corrected chi connectivity index (χ3v) is 5.63. The average Bonchev–Trinajstić information content (AvgIpc) is 3.33. The molecule has 27 heavy (non-hydrogen) atoms. The van der Waals surface area contributed by atoms with Gasteiger partial charge in [0.2, 0.25) is 13.6 Å². The highest BCUT2D eigenvalue weighted by molar-refractivity contribution is 5.87. The van der Waals surface area contributed by atoms with Gasteiger partial charge in [0.15, 0.2) is 23.0 Å². The molecular weight excluding hydrogens is 342 g/mol. The van der Waals surface area contributed by atoms with Crippen molar-refractivity contribution in [3.05, 3.63) is 59.2 Å². The molecule has 3 aromatic carbocycles. The Labute approximate surface area is 156 Å². The van der Waals surface area contributed by atoms with Crippen molar-refractivity contribution in [2.75, 3.05) is 20.1 Å². The molecule has 0 spiro atoms. The number of benzene rings is 3. The van der Waals surface area contributed by atoms with Crippen LogP contribution in [0.3, 0.4) is 0 Å². The maximum absolute atomic E-state index is 5.59. The molecule has 3 aliphatic rings. The van der Waals surface area contributed by atoms with Crippen LogP contribution in [-0.4, -0.2) is 20.1 Å². The summed E-state index contributed by atoms with van der Waals surface area (Å²) < 4.78 is 22.1. The summed E-state index contributed by atoms with van der Waals surface area (Å²) in [6, 6.07) is 15.3. The fourth-order valence-electron chi connectivity index (χ4n) is 4.26. The molecule has 0 aromatic heterocycles. The second-order valence-corrected chi connectivity index (χ2v) is 7.25. The zero-order valence-corrected chi connectivity index (χ0v) is 14.8. The van der Waals surface area contributed by atoms with Crippen LogP contribution in [0.25, 0.3) is 10.8 Å². The molecule has 6 rings (SSSR count). The topological polar surface area (TPSA) is 49.0 Å². The first-order valence-corrected chi connectivity index (χ1v) is 9.31. The van der Waals surface area contributed by atoms with E-state index in [4.69, 9.17) is 18.9 Å². The van der Waals surface area contributed by atoms with Crippen LogP contribution in [0.2, 0.25) is 0 Å². The van der Waals surface area contributed by atoms with Crippen molar-refractivity contribution in [3.63, 3.8) is 0 Å². The quantitative estimate of drug-likeness (QED) is 0.754. The van der Waals surface area contributed by atoms with Crippen LogP contribution in [0.4, 0.5) is 0 Å². The summed E-state index contributed by atoms with van der Waals surface area (Å²) in [4.78, 5) is 0. The number of fused-ring (bicyclic) bond motifs is 4. The highest BCUT2D eigenvalue weighted by Gasteiger charge is 2.25. The Balaban J connectivity index is 1.34. The van der Waals surface area contributed by atoms with Crippen molar-refractivity contribution < 1.29 is 18.9 Å². The number of hydrogen-bond acceptors (Lipinski definition) is 5. The summed E-state index contributed by atoms with van der Waals surface area (Å²) in [5.41, 5.74) is 3.97. The van der Waals surface area contributed by atoms with E-state index in [9.17, 15) is 0 Å². The standard InChI is InChI=1S/C22H19NO4/c1-2-14-7-19-21(26-11-24-19)9-16(14)5-13(1)6-18-17-10-22-20(25-12-27-22)8-15(17)3-4-23-18/h1-2,5,7-10,18,23H,3-4,6,11-12H2/t18-/m1/s1. The van der Waals surface area contributed by atoms with E-state index in [0.29, 0.717) is 13.6 Å². The van der Waals surface area contributed by atoms with Gasteiger partial charge in [-0.25, -0.2) is 0 Å². The second kappa shape index (κ2) is 5.79. The third-order valence-electron chi connectivity index (χ3n) is 5.63. The minimum Gasteiger partial charge on any atom is -0.454 e. The van der Waals surface area contributed by atoms with E-state index in [1.807, 2.05) is 0 Å². The molecule has 0 fully saturated rings. The highest BCUT2D eigenvalue weighted by Crippen LogP contribution is 2.40. The Hall–Kier alpha value is -2.92. The Morgan fingerprint density at radius 3 is 2.30 bits per heavy atom. The summed E-state index contributed by atoms with van der Waals surface area (Å²) >= 11 is 0. The molecule has 0 saturated heterocycles. The molecule has 3 aliphatic heterocycles. The van der Waals surface area contributed by atoms with Crippen molar-refractivity contribution in [1.82, 2.24) is 5.32 Å². The molecule has 136 valence electrons. The number of nitrogens with one attached hydrogen (secondary N) is 1. The van der Waals surface area contributed by atoms with E-state index < -0.39 is 0 Å². The summed E-state index contributed by atoms with van der Waals surface area (Å²) in [6.45, 7) is 1.60. The smallest absolute Gasteiger partial charge is 0.231 e. The lowest BCUT2D eigenvalue weighted by molar-refractivity contribution is 0.173. The van der Waals surface area contributed by atoms with E-state index >= 15 is 0 Å². The van der Waals surface area contributed by atoms with E-state index in [-0.39, 0.29) is 6.04 Å². The van der Waals surface area contributed by atoms with Crippen LogP contribution < -0.4 is 24.3 Å². The number of rotatable bonds is 2. The normalized spacial score (nSPS) is 19.3. The van der Waals surface area contributed by atoms with Crippen LogP contribution in [0, 0.1) is 0 Å². The van der Waals surface area contributed by atoms with E-state index in [1.54, 1.807) is 0 Å². The van der Waals surface area contributed by atoms with Gasteiger partial charge in [0.25, 0.3) is 0 Å². The first-order valence-electron chi connectivity index (χ1n) is 9.31. The van der Waals surface area contributed by atoms with Gasteiger partial charge in [0.05, 0.1) is 0 Å². The van der Waals surface area contributed by atoms with E-state index in [0.717, 1.165) is 42.4 Å². The van der Waals surface area contributed by atoms with Gasteiger partial charge < -0.3 is 24.3 Å². The largest absolute Gasteiger partial charge is 0.454 e. The van der Waals surface area contributed by atoms with Gasteiger partial charge in [-0.1, -0.05) is 18.2 Å². The van der Waals surface area contributed by atoms with Gasteiger partial charge in [-0.2, -0.15) is 0 Å². The van der Waals surface area contributed by atoms with E-state index in [2.05, 4.69) is 47.8 Å². The molecule has 0 bridgehead atoms. The SMILES string of the molecule is c1cc2cc3c(cc2cc1C[C@H]1NCCc2cc4c(cc21)OCO4)OCO3. The van der Waals surface area contributed by atoms with Crippen molar-refractivity contribution >= 4 is 10.8 Å². The molecule has 1 atom stereocenters. The lowest BCUT2D eigenvalue weighted by Gasteiger charge is -2.27. The maximum atomic E-state index is 5.59. The van der Waals surface area contributed by atoms with Gasteiger partial charge in [0.1, 0.15) is 0 Å². The molecule has 3 heterocycles. The minimum atomic E-state index is 0.273. The van der Waals surface area contributed by atoms with Crippen LogP contribution in [0.1, 0.15) is 22.7 Å². The van der Waals surface area contributed by atoms with Crippen molar-refractivity contribution in [1.29, 1.82) is 0 Å². The third kappa shape index (κ3) is 2.50. The van der Waals surface area contributed by atoms with Crippen molar-refractivity contribution in [2.45, 2.75) is 18.9 Å². The van der Waals surface area contributed by atoms with Crippen LogP contribution in [0.5, 0.6) is 23.0 Å². The monoisotopic (exact) mass is 361 g/mol. The molecular formula is C22H19NO4. The highest BCUT2D eigenvalue weighted by atomic mass is 16.7. The molecule has 0 aliphatic carbocycles. The molecule has 0 amide bonds. The van der Waals surface area contributed by atoms with Crippen molar-refractivity contribution in [2.24, 2.45) is 0 Å². The van der Waals surface area contributed by atoms with E-state index in [1.165, 1.54) is 27.5 Å². The predicted octanol–water partition coefficient (Wildman–Crippen LogP) is 3.73. The summed E-state index contributed by atoms with van der Waals surface area (Å²) in [5, 5.41) is 6.01. The molecule has 0 radical (unpaired) electrons. The van der Waals surface area contributed by atoms with Gasteiger partial charge in [-0.05, 0) is 71.1 Å². The molecule has 0 unspecified atom stereocenters. The van der Waals surface area contributed by atoms with Gasteiger partial charge in [0, 0.05) is 6.04 Å². The Morgan fingerprint density at radius 1 is 0.778 bits per heavy atom. The Kier molecular flexibility index (Phi) is 3.25. The van der Waals surface area contributed by atoms with Gasteiger partial charge in [-0.3, -0.25) is 0 Å². The molecule has 3 aromatic rings. The zero-order valence-electron chi connectivity index (χ0n) is 14.8. The fourth-order valence-corrected chi connectivity index (χ4v) is 4.26. The zero-order chi connectivity index (χ0) is 17.8. The maximum Gasteiger partial charge on any atom is 0.231 e. The molecule has 5 nitrogen and oxygen atoms in total. The van der Waals surface area contributed by atoms with Crippen LogP contribution in [-0.2, 0) is 12.8 Å². The Bertz CT molecular complexity index is 1060. The number of ether oxygens (including phenoxy) is 4. The summed E-state index contributed by atoms with van der Waals surface area (Å²) in [6.07, 6.45) is 1.95. The average molecular weight is 361 g/mol.